The first kappa shape index (κ1) is 26.6. The second-order valence-corrected chi connectivity index (χ2v) is 11.2. The average molecular weight is 523 g/mol. The Kier molecular flexibility index (Phi) is 7.48. The van der Waals surface area contributed by atoms with Gasteiger partial charge >= 0.3 is 12.1 Å². The summed E-state index contributed by atoms with van der Waals surface area (Å²) in [5.74, 6) is -0.232. The molecule has 4 rings (SSSR count). The van der Waals surface area contributed by atoms with Crippen LogP contribution >= 0.6 is 11.6 Å². The van der Waals surface area contributed by atoms with E-state index in [0.29, 0.717) is 24.2 Å². The van der Waals surface area contributed by atoms with Crippen molar-refractivity contribution in [3.05, 3.63) is 17.2 Å². The molecule has 2 aliphatic rings. The Morgan fingerprint density at radius 1 is 1.28 bits per heavy atom. The number of amides is 1. The van der Waals surface area contributed by atoms with Gasteiger partial charge in [-0.25, -0.2) is 14.2 Å². The van der Waals surface area contributed by atoms with Gasteiger partial charge in [0.2, 0.25) is 0 Å². The fraction of sp³-hybridized carbons (Fsp3) is 0.680. The zero-order valence-electron chi connectivity index (χ0n) is 22.1. The fourth-order valence-corrected chi connectivity index (χ4v) is 5.41. The van der Waals surface area contributed by atoms with Crippen LogP contribution in [0.5, 0.6) is 6.01 Å². The summed E-state index contributed by atoms with van der Waals surface area (Å²) in [7, 11) is 3.95. The van der Waals surface area contributed by atoms with Crippen LogP contribution in [0.1, 0.15) is 53.9 Å². The minimum Gasteiger partial charge on any atom is -0.459 e. The largest absolute Gasteiger partial charge is 0.459 e. The quantitative estimate of drug-likeness (QED) is 0.530. The molecule has 4 heterocycles. The van der Waals surface area contributed by atoms with Gasteiger partial charge in [0, 0.05) is 25.8 Å². The molecule has 0 bridgehead atoms. The van der Waals surface area contributed by atoms with Gasteiger partial charge in [0.15, 0.2) is 11.0 Å². The molecule has 0 aliphatic carbocycles. The van der Waals surface area contributed by atoms with E-state index in [1.807, 2.05) is 46.6 Å². The van der Waals surface area contributed by atoms with E-state index in [9.17, 15) is 4.79 Å². The van der Waals surface area contributed by atoms with Crippen molar-refractivity contribution in [1.29, 1.82) is 0 Å². The van der Waals surface area contributed by atoms with Gasteiger partial charge in [0.05, 0.1) is 17.5 Å². The zero-order valence-corrected chi connectivity index (χ0v) is 22.8. The molecule has 11 heteroatoms. The number of pyridine rings is 1. The summed E-state index contributed by atoms with van der Waals surface area (Å²) in [5.41, 5.74) is -0.522. The molecule has 0 unspecified atom stereocenters. The van der Waals surface area contributed by atoms with E-state index in [4.69, 9.17) is 26.1 Å². The number of fused-ring (bicyclic) bond motifs is 1. The van der Waals surface area contributed by atoms with Crippen LogP contribution in [0.3, 0.4) is 0 Å². The highest BCUT2D eigenvalue weighted by molar-refractivity contribution is 6.30. The van der Waals surface area contributed by atoms with E-state index in [1.165, 1.54) is 6.20 Å². The van der Waals surface area contributed by atoms with E-state index < -0.39 is 11.4 Å². The minimum atomic E-state index is -0.712. The summed E-state index contributed by atoms with van der Waals surface area (Å²) < 4.78 is 26.8. The van der Waals surface area contributed by atoms with Gasteiger partial charge < -0.3 is 19.3 Å². The van der Waals surface area contributed by atoms with Gasteiger partial charge in [-0.05, 0) is 67.5 Å². The number of hydrogen-bond acceptors (Lipinski definition) is 8. The lowest BCUT2D eigenvalue weighted by Gasteiger charge is -2.33. The summed E-state index contributed by atoms with van der Waals surface area (Å²) in [4.78, 5) is 31.8. The fourth-order valence-electron chi connectivity index (χ4n) is 5.27. The molecule has 2 fully saturated rings. The Morgan fingerprint density at radius 3 is 2.64 bits per heavy atom. The maximum Gasteiger partial charge on any atom is 0.410 e. The van der Waals surface area contributed by atoms with Crippen LogP contribution in [0, 0.1) is 5.82 Å². The van der Waals surface area contributed by atoms with Crippen LogP contribution in [-0.2, 0) is 4.74 Å². The van der Waals surface area contributed by atoms with E-state index in [1.54, 1.807) is 4.90 Å². The first-order valence-corrected chi connectivity index (χ1v) is 12.9. The Bertz CT molecular complexity index is 1130. The normalized spacial score (nSPS) is 23.8. The van der Waals surface area contributed by atoms with Gasteiger partial charge in [-0.15, -0.1) is 0 Å². The lowest BCUT2D eigenvalue weighted by Crippen LogP contribution is -2.45. The number of likely N-dealkylation sites (N-methyl/N-ethyl adjacent to an activating group) is 2. The first-order chi connectivity index (χ1) is 16.9. The van der Waals surface area contributed by atoms with Crippen LogP contribution in [-0.4, -0.2) is 87.9 Å². The Morgan fingerprint density at radius 2 is 2.00 bits per heavy atom. The van der Waals surface area contributed by atoms with Crippen LogP contribution in [0.15, 0.2) is 6.20 Å². The van der Waals surface area contributed by atoms with Crippen LogP contribution < -0.4 is 9.64 Å². The molecule has 4 atom stereocenters. The third-order valence-electron chi connectivity index (χ3n) is 7.18. The van der Waals surface area contributed by atoms with E-state index in [2.05, 4.69) is 21.9 Å². The Balaban J connectivity index is 1.66. The lowest BCUT2D eigenvalue weighted by molar-refractivity contribution is 0.0233. The molecule has 0 spiro atoms. The molecule has 2 aromatic rings. The number of nitrogens with zero attached hydrogens (tertiary/aromatic N) is 6. The number of hydrogen-bond donors (Lipinski definition) is 0. The van der Waals surface area contributed by atoms with E-state index in [-0.39, 0.29) is 47.0 Å². The van der Waals surface area contributed by atoms with Crippen molar-refractivity contribution in [2.75, 3.05) is 32.1 Å². The van der Waals surface area contributed by atoms with Crippen molar-refractivity contribution in [3.63, 3.8) is 0 Å². The van der Waals surface area contributed by atoms with Gasteiger partial charge in [-0.2, -0.15) is 9.97 Å². The van der Waals surface area contributed by atoms with Gasteiger partial charge in [-0.1, -0.05) is 11.6 Å². The molecule has 198 valence electrons. The molecule has 36 heavy (non-hydrogen) atoms. The maximum atomic E-state index is 15.1. The topological polar surface area (TPSA) is 83.9 Å². The number of aromatic nitrogens is 3. The van der Waals surface area contributed by atoms with E-state index in [0.717, 1.165) is 19.4 Å². The van der Waals surface area contributed by atoms with Crippen molar-refractivity contribution < 1.29 is 18.7 Å². The summed E-state index contributed by atoms with van der Waals surface area (Å²) in [6, 6.07) is 0.0811. The number of likely N-dealkylation sites (tertiary alicyclic amines) is 2. The highest BCUT2D eigenvalue weighted by Crippen LogP contribution is 2.34. The molecular weight excluding hydrogens is 487 g/mol. The number of carbonyl (C=O) groups is 1. The molecule has 1 amide bonds. The predicted octanol–water partition coefficient (Wildman–Crippen LogP) is 4.51. The van der Waals surface area contributed by atoms with Crippen molar-refractivity contribution in [1.82, 2.24) is 24.8 Å². The Hall–Kier alpha value is -2.46. The molecule has 2 aromatic heterocycles. The molecule has 2 aliphatic heterocycles. The second-order valence-electron chi connectivity index (χ2n) is 10.8. The molecule has 0 saturated carbocycles. The summed E-state index contributed by atoms with van der Waals surface area (Å²) in [6.45, 7) is 11.1. The second kappa shape index (κ2) is 10.1. The maximum absolute atomic E-state index is 15.1. The van der Waals surface area contributed by atoms with Gasteiger partial charge in [0.25, 0.3) is 0 Å². The van der Waals surface area contributed by atoms with Crippen LogP contribution in [0.4, 0.5) is 15.0 Å². The monoisotopic (exact) mass is 522 g/mol. The van der Waals surface area contributed by atoms with Gasteiger partial charge in [0.1, 0.15) is 23.0 Å². The van der Waals surface area contributed by atoms with Crippen molar-refractivity contribution in [3.8, 4) is 6.01 Å². The summed E-state index contributed by atoms with van der Waals surface area (Å²) in [5, 5.41) is 0.176. The smallest absolute Gasteiger partial charge is 0.410 e. The summed E-state index contributed by atoms with van der Waals surface area (Å²) >= 11 is 5.99. The molecule has 0 N–H and O–H groups in total. The zero-order chi connectivity index (χ0) is 26.4. The molecular formula is C25H36ClFN6O3. The number of carbonyl (C=O) groups excluding carboxylic acids is 1. The minimum absolute atomic E-state index is 0.0588. The molecule has 0 radical (unpaired) electrons. The molecule has 0 aromatic carbocycles. The van der Waals surface area contributed by atoms with Crippen molar-refractivity contribution in [2.45, 2.75) is 83.7 Å². The highest BCUT2D eigenvalue weighted by Gasteiger charge is 2.39. The number of rotatable bonds is 5. The van der Waals surface area contributed by atoms with Crippen LogP contribution in [0.25, 0.3) is 10.9 Å². The predicted molar refractivity (Wildman–Crippen MR) is 137 cm³/mol. The SMILES string of the molecule is C[C@H](Oc1nc(N(C)[C@@H]2CCN(C(=O)OC(C)(C)C)[C@@H]2C)c2cnc(Cl)c(F)c2n1)[C@@H]1CCCN1C. The number of anilines is 1. The van der Waals surface area contributed by atoms with Crippen LogP contribution in [0.2, 0.25) is 5.15 Å². The summed E-state index contributed by atoms with van der Waals surface area (Å²) in [6.07, 6.45) is 3.77. The average Bonchev–Trinajstić information content (AvgIpc) is 3.40. The molecule has 2 saturated heterocycles. The van der Waals surface area contributed by atoms with E-state index >= 15 is 4.39 Å². The van der Waals surface area contributed by atoms with Crippen molar-refractivity contribution in [2.24, 2.45) is 0 Å². The molecule has 9 nitrogen and oxygen atoms in total. The number of ether oxygens (including phenoxy) is 2. The Labute approximate surface area is 216 Å². The van der Waals surface area contributed by atoms with Gasteiger partial charge in [-0.3, -0.25) is 4.90 Å². The standard InChI is InChI=1S/C25H36ClFN6O3/c1-14-17(10-12-33(14)24(34)36-25(3,4)5)32(7)22-16-13-28-21(26)19(27)20(16)29-23(30-22)35-15(2)18-9-8-11-31(18)6/h13-15,17-18H,8-12H2,1-7H3/t14-,15+,17-,18+/m1/s1. The first-order valence-electron chi connectivity index (χ1n) is 12.5. The highest BCUT2D eigenvalue weighted by atomic mass is 35.5. The third kappa shape index (κ3) is 5.29. The third-order valence-corrected chi connectivity index (χ3v) is 7.45. The number of halogens is 2. The van der Waals surface area contributed by atoms with Crippen molar-refractivity contribution >= 4 is 34.4 Å². The lowest BCUT2D eigenvalue weighted by atomic mass is 10.1.